The summed E-state index contributed by atoms with van der Waals surface area (Å²) in [5, 5.41) is 0. The van der Waals surface area contributed by atoms with Crippen molar-refractivity contribution in [1.29, 1.82) is 0 Å². The maximum Gasteiger partial charge on any atom is 0.0113 e. The van der Waals surface area contributed by atoms with Crippen LogP contribution < -0.4 is 5.73 Å². The first-order chi connectivity index (χ1) is 7.29. The van der Waals surface area contributed by atoms with Crippen LogP contribution in [0, 0.1) is 0 Å². The van der Waals surface area contributed by atoms with Crippen LogP contribution in [0.2, 0.25) is 0 Å². The Morgan fingerprint density at radius 2 is 1.87 bits per heavy atom. The highest BCUT2D eigenvalue weighted by Crippen LogP contribution is 2.23. The molecule has 2 atom stereocenters. The van der Waals surface area contributed by atoms with Crippen LogP contribution in [0.5, 0.6) is 0 Å². The van der Waals surface area contributed by atoms with Crippen molar-refractivity contribution in [2.45, 2.75) is 44.7 Å². The first-order valence-corrected chi connectivity index (χ1v) is 6.51. The lowest BCUT2D eigenvalue weighted by Crippen LogP contribution is -2.50. The summed E-state index contributed by atoms with van der Waals surface area (Å²) >= 11 is 0. The molecule has 3 nitrogen and oxygen atoms in total. The topological polar surface area (TPSA) is 32.5 Å². The molecule has 0 bridgehead atoms. The second kappa shape index (κ2) is 5.28. The van der Waals surface area contributed by atoms with Gasteiger partial charge < -0.3 is 10.6 Å². The summed E-state index contributed by atoms with van der Waals surface area (Å²) < 4.78 is 0. The van der Waals surface area contributed by atoms with E-state index < -0.39 is 0 Å². The van der Waals surface area contributed by atoms with Gasteiger partial charge in [-0.05, 0) is 32.2 Å². The SMILES string of the molecule is CCCN1CCN(C2CCC(N)C2)CC1. The molecule has 15 heavy (non-hydrogen) atoms. The van der Waals surface area contributed by atoms with Gasteiger partial charge in [0.15, 0.2) is 0 Å². The molecule has 0 radical (unpaired) electrons. The number of hydrogen-bond donors (Lipinski definition) is 1. The molecule has 88 valence electrons. The van der Waals surface area contributed by atoms with Crippen LogP contribution in [-0.4, -0.2) is 54.6 Å². The smallest absolute Gasteiger partial charge is 0.0113 e. The standard InChI is InChI=1S/C12H25N3/c1-2-5-14-6-8-15(9-7-14)12-4-3-11(13)10-12/h11-12H,2-10,13H2,1H3. The number of hydrogen-bond acceptors (Lipinski definition) is 3. The number of nitrogens with zero attached hydrogens (tertiary/aromatic N) is 2. The summed E-state index contributed by atoms with van der Waals surface area (Å²) in [4.78, 5) is 5.25. The maximum atomic E-state index is 5.97. The van der Waals surface area contributed by atoms with Crippen LogP contribution >= 0.6 is 0 Å². The first-order valence-electron chi connectivity index (χ1n) is 6.51. The van der Waals surface area contributed by atoms with Gasteiger partial charge in [-0.2, -0.15) is 0 Å². The van der Waals surface area contributed by atoms with Crippen molar-refractivity contribution in [3.8, 4) is 0 Å². The van der Waals surface area contributed by atoms with Gasteiger partial charge in [0.2, 0.25) is 0 Å². The quantitative estimate of drug-likeness (QED) is 0.752. The fourth-order valence-corrected chi connectivity index (χ4v) is 2.99. The van der Waals surface area contributed by atoms with Gasteiger partial charge in [-0.1, -0.05) is 6.92 Å². The summed E-state index contributed by atoms with van der Waals surface area (Å²) in [6, 6.07) is 1.27. The third-order valence-electron chi connectivity index (χ3n) is 3.91. The molecule has 2 rings (SSSR count). The molecule has 1 saturated heterocycles. The summed E-state index contributed by atoms with van der Waals surface area (Å²) in [5.74, 6) is 0. The van der Waals surface area contributed by atoms with Crippen LogP contribution in [0.1, 0.15) is 32.6 Å². The van der Waals surface area contributed by atoms with Crippen LogP contribution in [0.25, 0.3) is 0 Å². The Kier molecular flexibility index (Phi) is 4.00. The molecule has 0 amide bonds. The monoisotopic (exact) mass is 211 g/mol. The highest BCUT2D eigenvalue weighted by Gasteiger charge is 2.29. The second-order valence-electron chi connectivity index (χ2n) is 5.10. The molecule has 2 unspecified atom stereocenters. The fraction of sp³-hybridized carbons (Fsp3) is 1.00. The van der Waals surface area contributed by atoms with E-state index in [-0.39, 0.29) is 0 Å². The number of piperazine rings is 1. The normalized spacial score (nSPS) is 34.8. The summed E-state index contributed by atoms with van der Waals surface area (Å²) in [6.07, 6.45) is 5.08. The second-order valence-corrected chi connectivity index (χ2v) is 5.10. The zero-order valence-electron chi connectivity index (χ0n) is 9.99. The molecule has 2 fully saturated rings. The highest BCUT2D eigenvalue weighted by molar-refractivity contribution is 4.87. The predicted molar refractivity (Wildman–Crippen MR) is 63.9 cm³/mol. The Hall–Kier alpha value is -0.120. The molecule has 0 aromatic heterocycles. The highest BCUT2D eigenvalue weighted by atomic mass is 15.3. The van der Waals surface area contributed by atoms with Crippen molar-refractivity contribution < 1.29 is 0 Å². The van der Waals surface area contributed by atoms with Gasteiger partial charge in [0.25, 0.3) is 0 Å². The van der Waals surface area contributed by atoms with E-state index in [1.807, 2.05) is 0 Å². The lowest BCUT2D eigenvalue weighted by Gasteiger charge is -2.38. The molecule has 0 aromatic rings. The van der Waals surface area contributed by atoms with E-state index in [0.29, 0.717) is 6.04 Å². The van der Waals surface area contributed by atoms with Gasteiger partial charge >= 0.3 is 0 Å². The van der Waals surface area contributed by atoms with Crippen molar-refractivity contribution in [1.82, 2.24) is 9.80 Å². The van der Waals surface area contributed by atoms with Crippen LogP contribution in [0.15, 0.2) is 0 Å². The Morgan fingerprint density at radius 3 is 2.40 bits per heavy atom. The van der Waals surface area contributed by atoms with E-state index in [1.54, 1.807) is 0 Å². The van der Waals surface area contributed by atoms with E-state index in [4.69, 9.17) is 5.73 Å². The Bertz CT molecular complexity index is 187. The minimum Gasteiger partial charge on any atom is -0.328 e. The van der Waals surface area contributed by atoms with Crippen LogP contribution in [0.4, 0.5) is 0 Å². The molecular weight excluding hydrogens is 186 g/mol. The van der Waals surface area contributed by atoms with E-state index in [2.05, 4.69) is 16.7 Å². The minimum atomic E-state index is 0.476. The van der Waals surface area contributed by atoms with Crippen molar-refractivity contribution in [2.75, 3.05) is 32.7 Å². The summed E-state index contributed by atoms with van der Waals surface area (Å²) in [5.41, 5.74) is 5.97. The third kappa shape index (κ3) is 2.92. The van der Waals surface area contributed by atoms with Gasteiger partial charge in [0, 0.05) is 38.3 Å². The van der Waals surface area contributed by atoms with Gasteiger partial charge in [-0.25, -0.2) is 0 Å². The van der Waals surface area contributed by atoms with Crippen molar-refractivity contribution >= 4 is 0 Å². The van der Waals surface area contributed by atoms with E-state index in [1.165, 1.54) is 58.4 Å². The van der Waals surface area contributed by atoms with Gasteiger partial charge in [0.1, 0.15) is 0 Å². The fourth-order valence-electron chi connectivity index (χ4n) is 2.99. The Morgan fingerprint density at radius 1 is 1.13 bits per heavy atom. The van der Waals surface area contributed by atoms with E-state index in [0.717, 1.165) is 6.04 Å². The number of rotatable bonds is 3. The Labute approximate surface area is 93.6 Å². The molecule has 1 saturated carbocycles. The molecule has 2 N–H and O–H groups in total. The Balaban J connectivity index is 1.73. The van der Waals surface area contributed by atoms with Crippen LogP contribution in [-0.2, 0) is 0 Å². The zero-order chi connectivity index (χ0) is 10.7. The average molecular weight is 211 g/mol. The van der Waals surface area contributed by atoms with Gasteiger partial charge in [-0.3, -0.25) is 4.90 Å². The van der Waals surface area contributed by atoms with E-state index in [9.17, 15) is 0 Å². The largest absolute Gasteiger partial charge is 0.328 e. The van der Waals surface area contributed by atoms with E-state index >= 15 is 0 Å². The zero-order valence-corrected chi connectivity index (χ0v) is 9.99. The maximum absolute atomic E-state index is 5.97. The third-order valence-corrected chi connectivity index (χ3v) is 3.91. The molecule has 1 heterocycles. The molecule has 0 spiro atoms. The lowest BCUT2D eigenvalue weighted by molar-refractivity contribution is 0.0975. The molecular formula is C12H25N3. The van der Waals surface area contributed by atoms with Crippen LogP contribution in [0.3, 0.4) is 0 Å². The molecule has 2 aliphatic rings. The summed E-state index contributed by atoms with van der Waals surface area (Å²) in [7, 11) is 0. The van der Waals surface area contributed by atoms with Crippen molar-refractivity contribution in [3.05, 3.63) is 0 Å². The summed E-state index contributed by atoms with van der Waals surface area (Å²) in [6.45, 7) is 8.59. The molecule has 0 aromatic carbocycles. The molecule has 3 heteroatoms. The number of nitrogens with two attached hydrogens (primary N) is 1. The van der Waals surface area contributed by atoms with Gasteiger partial charge in [-0.15, -0.1) is 0 Å². The van der Waals surface area contributed by atoms with Gasteiger partial charge in [0.05, 0.1) is 0 Å². The van der Waals surface area contributed by atoms with Crippen molar-refractivity contribution in [2.24, 2.45) is 5.73 Å². The predicted octanol–water partition coefficient (Wildman–Crippen LogP) is 0.894. The molecule has 1 aliphatic carbocycles. The molecule has 1 aliphatic heterocycles. The minimum absolute atomic E-state index is 0.476. The lowest BCUT2D eigenvalue weighted by atomic mass is 10.1. The first kappa shape index (κ1) is 11.4. The van der Waals surface area contributed by atoms with Crippen molar-refractivity contribution in [3.63, 3.8) is 0 Å². The average Bonchev–Trinajstić information content (AvgIpc) is 2.67.